The molecule has 0 aliphatic carbocycles. The highest BCUT2D eigenvalue weighted by atomic mass is 32.2. The molecule has 0 aliphatic rings. The van der Waals surface area contributed by atoms with Crippen molar-refractivity contribution in [3.05, 3.63) is 116 Å². The number of sulfone groups is 1. The number of nitrogens with one attached hydrogen (secondary N) is 1. The normalized spacial score (nSPS) is 12.0. The van der Waals surface area contributed by atoms with Crippen molar-refractivity contribution < 1.29 is 17.5 Å². The van der Waals surface area contributed by atoms with Crippen LogP contribution in [0.5, 0.6) is 0 Å². The number of aromatic amines is 1. The average molecular weight is 965 g/mol. The molecule has 0 spiro atoms. The highest BCUT2D eigenvalue weighted by Gasteiger charge is 2.23. The second-order valence-electron chi connectivity index (χ2n) is 23.0. The summed E-state index contributed by atoms with van der Waals surface area (Å²) in [4.78, 5) is 16.2. The van der Waals surface area contributed by atoms with Crippen molar-refractivity contribution in [1.29, 1.82) is 0 Å². The van der Waals surface area contributed by atoms with Crippen LogP contribution in [0.3, 0.4) is 0 Å². The summed E-state index contributed by atoms with van der Waals surface area (Å²) in [5.74, 6) is 2.69. The van der Waals surface area contributed by atoms with Gasteiger partial charge in [0.2, 0.25) is 6.33 Å². The quantitative estimate of drug-likeness (QED) is 0.173. The Labute approximate surface area is 410 Å². The van der Waals surface area contributed by atoms with Gasteiger partial charge >= 0.3 is 0 Å². The molecule has 0 bridgehead atoms. The minimum absolute atomic E-state index is 0.00359. The SMILES string of the molecule is CC(C)(C)c1ccc(CS(C)(=O)=O)cn1.CC(C)c1c[nH]c[n+]1C.Cc1nc(C(C)(C)C)cn1C.Cc1nc(C(C)(C)C)cs1.Cc1nn(C)cc1C(C)(C)C.Cc1noc(C)c1C(C)(C)C. The Morgan fingerprint density at radius 2 is 1.30 bits per heavy atom. The molecule has 6 aromatic heterocycles. The van der Waals surface area contributed by atoms with Crippen LogP contribution in [-0.2, 0) is 63.8 Å². The Morgan fingerprint density at radius 1 is 0.746 bits per heavy atom. The number of hydrogen-bond donors (Lipinski definition) is 1. The number of hydrogen-bond acceptors (Lipinski definition) is 9. The highest BCUT2D eigenvalue weighted by Crippen LogP contribution is 2.28. The molecule has 6 heterocycles. The van der Waals surface area contributed by atoms with Crippen LogP contribution < -0.4 is 4.57 Å². The van der Waals surface area contributed by atoms with Crippen LogP contribution in [0, 0.1) is 34.6 Å². The molecule has 12 nitrogen and oxygen atoms in total. The van der Waals surface area contributed by atoms with Crippen molar-refractivity contribution in [3.63, 3.8) is 0 Å². The van der Waals surface area contributed by atoms with Gasteiger partial charge in [0, 0.05) is 77.7 Å². The first kappa shape index (κ1) is 60.6. The maximum Gasteiger partial charge on any atom is 0.241 e. The molecule has 0 saturated carbocycles. The number of aromatic nitrogens is 9. The van der Waals surface area contributed by atoms with E-state index in [0.29, 0.717) is 5.92 Å². The fraction of sp³-hybridized carbons (Fsp3) is 0.623. The first-order chi connectivity index (χ1) is 30.1. The lowest BCUT2D eigenvalue weighted by atomic mass is 9.86. The maximum atomic E-state index is 11.1. The first-order valence-corrected chi connectivity index (χ1v) is 26.1. The fourth-order valence-corrected chi connectivity index (χ4v) is 8.37. The molecule has 0 atom stereocenters. The van der Waals surface area contributed by atoms with Crippen molar-refractivity contribution >= 4 is 21.2 Å². The van der Waals surface area contributed by atoms with Gasteiger partial charge in [-0.15, -0.1) is 11.3 Å². The van der Waals surface area contributed by atoms with Crippen LogP contribution in [0.2, 0.25) is 0 Å². The second kappa shape index (κ2) is 24.2. The Balaban J connectivity index is 0.000000405. The van der Waals surface area contributed by atoms with Crippen molar-refractivity contribution in [3.8, 4) is 0 Å². The van der Waals surface area contributed by atoms with E-state index in [1.807, 2.05) is 78.2 Å². The number of nitrogens with zero attached hydrogens (tertiary/aromatic N) is 8. The Hall–Kier alpha value is -4.43. The zero-order chi connectivity index (χ0) is 52.3. The molecule has 0 aromatic carbocycles. The Kier molecular flexibility index (Phi) is 21.9. The van der Waals surface area contributed by atoms with E-state index >= 15 is 0 Å². The van der Waals surface area contributed by atoms with E-state index < -0.39 is 9.84 Å². The van der Waals surface area contributed by atoms with Gasteiger partial charge in [-0.05, 0) is 62.6 Å². The van der Waals surface area contributed by atoms with Crippen LogP contribution in [-0.4, -0.2) is 54.1 Å². The summed E-state index contributed by atoms with van der Waals surface area (Å²) < 4.78 is 33.2. The van der Waals surface area contributed by atoms with Crippen LogP contribution in [0.4, 0.5) is 0 Å². The smallest absolute Gasteiger partial charge is 0.241 e. The molecule has 1 N–H and O–H groups in total. The zero-order valence-corrected chi connectivity index (χ0v) is 48.2. The van der Waals surface area contributed by atoms with Gasteiger partial charge in [0.05, 0.1) is 40.6 Å². The van der Waals surface area contributed by atoms with E-state index in [0.717, 1.165) is 44.9 Å². The average Bonchev–Trinajstić information content (AvgIpc) is 3.98. The summed E-state index contributed by atoms with van der Waals surface area (Å²) >= 11 is 1.72. The van der Waals surface area contributed by atoms with E-state index in [4.69, 9.17) is 4.52 Å². The standard InChI is InChI=1S/C11H17NO2S.2C9H16N2.C9H15NO.C8H13NS.C7H12N2/c1-11(2,3)10-6-5-9(7-12-10)8-15(4,13)14;1-7-10-8(6-11(7)5)9(2,3)4;1-7-8(9(2,3)4)6-11(5)10-7;1-6-8(9(3,4)5)7(2)11-10-6;1-6-9-7(5-10-6)8(2,3)4;1-6(2)7-4-8-5-9(7)3/h5-7H,8H2,1-4H3;2*6H,1-5H3;1-5H3;5H,1-4H3;4-6H,1-3H3/p+1. The molecule has 0 aliphatic heterocycles. The minimum atomic E-state index is -2.97. The van der Waals surface area contributed by atoms with Crippen LogP contribution in [0.1, 0.15) is 191 Å². The Bertz CT molecular complexity index is 2460. The lowest BCUT2D eigenvalue weighted by Crippen LogP contribution is -2.30. The van der Waals surface area contributed by atoms with Crippen molar-refractivity contribution in [2.24, 2.45) is 21.1 Å². The molecular weight excluding hydrogens is 875 g/mol. The molecule has 0 amide bonds. The van der Waals surface area contributed by atoms with Gasteiger partial charge in [0.1, 0.15) is 23.5 Å². The minimum Gasteiger partial charge on any atom is -0.361 e. The lowest BCUT2D eigenvalue weighted by molar-refractivity contribution is -0.678. The van der Waals surface area contributed by atoms with Crippen molar-refractivity contribution in [2.45, 2.75) is 191 Å². The number of rotatable bonds is 3. The molecule has 376 valence electrons. The summed E-state index contributed by atoms with van der Waals surface area (Å²) in [5.41, 5.74) is 10.9. The van der Waals surface area contributed by atoms with E-state index in [1.54, 1.807) is 17.5 Å². The van der Waals surface area contributed by atoms with Gasteiger partial charge in [-0.25, -0.2) is 27.9 Å². The highest BCUT2D eigenvalue weighted by molar-refractivity contribution is 7.89. The molecule has 6 rings (SSSR count). The van der Waals surface area contributed by atoms with Crippen molar-refractivity contribution in [1.82, 2.24) is 39.4 Å². The first-order valence-electron chi connectivity index (χ1n) is 23.2. The number of pyridine rings is 1. The van der Waals surface area contributed by atoms with Crippen LogP contribution in [0.25, 0.3) is 0 Å². The van der Waals surface area contributed by atoms with E-state index in [1.165, 1.54) is 28.8 Å². The van der Waals surface area contributed by atoms with Crippen LogP contribution in [0.15, 0.2) is 53.2 Å². The van der Waals surface area contributed by atoms with Gasteiger partial charge in [-0.2, -0.15) is 5.10 Å². The molecule has 0 unspecified atom stereocenters. The number of imidazole rings is 2. The molecule has 0 fully saturated rings. The monoisotopic (exact) mass is 965 g/mol. The van der Waals surface area contributed by atoms with Gasteiger partial charge in [0.15, 0.2) is 9.84 Å². The molecule has 0 saturated heterocycles. The summed E-state index contributed by atoms with van der Waals surface area (Å²) in [7, 11) is 3.07. The van der Waals surface area contributed by atoms with E-state index in [2.05, 4.69) is 182 Å². The third-order valence-electron chi connectivity index (χ3n) is 10.4. The Morgan fingerprint density at radius 3 is 1.52 bits per heavy atom. The third-order valence-corrected chi connectivity index (χ3v) is 12.0. The lowest BCUT2D eigenvalue weighted by Gasteiger charge is -2.17. The topological polar surface area (TPSA) is 141 Å². The maximum absolute atomic E-state index is 11.1. The van der Waals surface area contributed by atoms with Gasteiger partial charge in [0.25, 0.3) is 0 Å². The van der Waals surface area contributed by atoms with Gasteiger partial charge < -0.3 is 9.09 Å². The summed E-state index contributed by atoms with van der Waals surface area (Å²) in [6, 6.07) is 3.72. The molecule has 6 aromatic rings. The fourth-order valence-electron chi connectivity index (χ4n) is 6.76. The van der Waals surface area contributed by atoms with Crippen molar-refractivity contribution in [2.75, 3.05) is 6.26 Å². The zero-order valence-electron chi connectivity index (χ0n) is 46.5. The predicted molar refractivity (Wildman–Crippen MR) is 281 cm³/mol. The van der Waals surface area contributed by atoms with Gasteiger partial charge in [-0.3, -0.25) is 9.67 Å². The third kappa shape index (κ3) is 21.6. The molecular formula is C53H90N9O3S2+. The van der Waals surface area contributed by atoms with Gasteiger partial charge in [-0.1, -0.05) is 129 Å². The molecule has 67 heavy (non-hydrogen) atoms. The second-order valence-corrected chi connectivity index (χ2v) is 26.2. The summed E-state index contributed by atoms with van der Waals surface area (Å²) in [5, 5.41) is 11.5. The van der Waals surface area contributed by atoms with Crippen LogP contribution >= 0.6 is 11.3 Å². The van der Waals surface area contributed by atoms with E-state index in [-0.39, 0.29) is 32.8 Å². The predicted octanol–water partition coefficient (Wildman–Crippen LogP) is 12.3. The number of H-pyrrole nitrogens is 1. The summed E-state index contributed by atoms with van der Waals surface area (Å²) in [6.07, 6.45) is 11.0. The number of aryl methyl sites for hydroxylation is 8. The molecule has 14 heteroatoms. The largest absolute Gasteiger partial charge is 0.361 e. The molecule has 0 radical (unpaired) electrons. The van der Waals surface area contributed by atoms with E-state index in [9.17, 15) is 8.42 Å². The summed E-state index contributed by atoms with van der Waals surface area (Å²) in [6.45, 7) is 46.8. The number of thiazole rings is 1.